The van der Waals surface area contributed by atoms with E-state index in [0.717, 1.165) is 16.7 Å². The molecule has 0 saturated heterocycles. The Labute approximate surface area is 119 Å². The van der Waals surface area contributed by atoms with Gasteiger partial charge in [0.15, 0.2) is 0 Å². The second kappa shape index (κ2) is 4.85. The molecule has 0 heterocycles. The van der Waals surface area contributed by atoms with Crippen LogP contribution in [0.4, 0.5) is 5.69 Å². The van der Waals surface area contributed by atoms with Gasteiger partial charge >= 0.3 is 0 Å². The van der Waals surface area contributed by atoms with E-state index in [-0.39, 0.29) is 10.6 Å². The van der Waals surface area contributed by atoms with E-state index in [1.54, 1.807) is 23.9 Å². The zero-order valence-electron chi connectivity index (χ0n) is 9.79. The Morgan fingerprint density at radius 1 is 1.28 bits per heavy atom. The molecule has 0 spiro atoms. The van der Waals surface area contributed by atoms with Gasteiger partial charge in [0.2, 0.25) is 0 Å². The molecular formula is C13H14BrNO2S. The summed E-state index contributed by atoms with van der Waals surface area (Å²) in [5, 5.41) is 11.5. The number of thioether (sulfide) groups is 1. The first-order valence-electron chi connectivity index (χ1n) is 6.21. The van der Waals surface area contributed by atoms with Gasteiger partial charge < -0.3 is 0 Å². The summed E-state index contributed by atoms with van der Waals surface area (Å²) in [7, 11) is 0. The highest BCUT2D eigenvalue weighted by atomic mass is 79.9. The Morgan fingerprint density at radius 3 is 2.67 bits per heavy atom. The average Bonchev–Trinajstić information content (AvgIpc) is 2.93. The van der Waals surface area contributed by atoms with Crippen LogP contribution in [0.1, 0.15) is 19.3 Å². The Bertz CT molecular complexity index is 480. The minimum Gasteiger partial charge on any atom is -0.258 e. The molecule has 3 nitrogen and oxygen atoms in total. The molecule has 2 fully saturated rings. The third-order valence-corrected chi connectivity index (χ3v) is 7.28. The van der Waals surface area contributed by atoms with Crippen molar-refractivity contribution in [2.75, 3.05) is 0 Å². The van der Waals surface area contributed by atoms with Crippen molar-refractivity contribution in [3.63, 3.8) is 0 Å². The van der Waals surface area contributed by atoms with Crippen LogP contribution in [0.2, 0.25) is 0 Å². The number of nitro groups is 1. The average molecular weight is 328 g/mol. The molecule has 0 amide bonds. The fourth-order valence-electron chi connectivity index (χ4n) is 3.18. The van der Waals surface area contributed by atoms with E-state index in [1.165, 1.54) is 19.3 Å². The number of para-hydroxylation sites is 1. The maximum Gasteiger partial charge on any atom is 0.282 e. The lowest BCUT2D eigenvalue weighted by Crippen LogP contribution is -2.24. The van der Waals surface area contributed by atoms with Gasteiger partial charge in [-0.1, -0.05) is 28.1 Å². The number of benzene rings is 1. The number of nitrogens with zero attached hydrogens (tertiary/aromatic N) is 1. The zero-order chi connectivity index (χ0) is 12.7. The van der Waals surface area contributed by atoms with Crippen molar-refractivity contribution in [2.45, 2.75) is 34.2 Å². The third kappa shape index (κ3) is 2.07. The highest BCUT2D eigenvalue weighted by molar-refractivity contribution is 9.09. The maximum absolute atomic E-state index is 11.0. The lowest BCUT2D eigenvalue weighted by molar-refractivity contribution is -0.387. The Hall–Kier alpha value is -0.550. The molecule has 2 aliphatic carbocycles. The molecule has 2 aliphatic rings. The summed E-state index contributed by atoms with van der Waals surface area (Å²) in [6.07, 6.45) is 3.88. The number of hydrogen-bond acceptors (Lipinski definition) is 3. The Kier molecular flexibility index (Phi) is 3.36. The first kappa shape index (κ1) is 12.5. The summed E-state index contributed by atoms with van der Waals surface area (Å²) in [5.74, 6) is 1.50. The molecule has 0 aromatic heterocycles. The topological polar surface area (TPSA) is 43.1 Å². The summed E-state index contributed by atoms with van der Waals surface area (Å²) in [6.45, 7) is 0. The van der Waals surface area contributed by atoms with Crippen molar-refractivity contribution < 1.29 is 4.92 Å². The van der Waals surface area contributed by atoms with Crippen LogP contribution in [-0.4, -0.2) is 15.0 Å². The molecule has 1 aromatic carbocycles. The molecular weight excluding hydrogens is 314 g/mol. The standard InChI is InChI=1S/C13H14BrNO2S/c14-12-8-5-6-9(7-8)13(12)18-11-4-2-1-3-10(11)15(16)17/h1-4,8-9,12-13H,5-7H2/t8-,9+,12+,13-/m1/s1. The molecule has 4 atom stereocenters. The van der Waals surface area contributed by atoms with Crippen LogP contribution >= 0.6 is 27.7 Å². The van der Waals surface area contributed by atoms with Crippen LogP contribution in [0, 0.1) is 22.0 Å². The minimum absolute atomic E-state index is 0.241. The van der Waals surface area contributed by atoms with Gasteiger partial charge in [0.1, 0.15) is 0 Å². The molecule has 18 heavy (non-hydrogen) atoms. The maximum atomic E-state index is 11.0. The lowest BCUT2D eigenvalue weighted by Gasteiger charge is -2.26. The van der Waals surface area contributed by atoms with Crippen LogP contribution < -0.4 is 0 Å². The largest absolute Gasteiger partial charge is 0.282 e. The molecule has 5 heteroatoms. The molecule has 0 radical (unpaired) electrons. The van der Waals surface area contributed by atoms with Gasteiger partial charge in [-0.15, -0.1) is 11.8 Å². The van der Waals surface area contributed by atoms with E-state index in [9.17, 15) is 10.1 Å². The predicted octanol–water partition coefficient (Wildman–Crippen LogP) is 4.25. The number of hydrogen-bond donors (Lipinski definition) is 0. The van der Waals surface area contributed by atoms with Gasteiger partial charge in [0.05, 0.1) is 9.82 Å². The number of alkyl halides is 1. The fraction of sp³-hybridized carbons (Fsp3) is 0.538. The van der Waals surface area contributed by atoms with Gasteiger partial charge in [-0.2, -0.15) is 0 Å². The van der Waals surface area contributed by atoms with Gasteiger partial charge in [-0.25, -0.2) is 0 Å². The van der Waals surface area contributed by atoms with Gasteiger partial charge in [0, 0.05) is 16.1 Å². The predicted molar refractivity (Wildman–Crippen MR) is 76.3 cm³/mol. The summed E-state index contributed by atoms with van der Waals surface area (Å²) < 4.78 is 0. The monoisotopic (exact) mass is 327 g/mol. The highest BCUT2D eigenvalue weighted by Gasteiger charge is 2.47. The van der Waals surface area contributed by atoms with E-state index in [1.807, 2.05) is 12.1 Å². The van der Waals surface area contributed by atoms with E-state index in [0.29, 0.717) is 10.1 Å². The van der Waals surface area contributed by atoms with E-state index in [2.05, 4.69) is 15.9 Å². The first-order valence-corrected chi connectivity index (χ1v) is 8.00. The molecule has 2 bridgehead atoms. The lowest BCUT2D eigenvalue weighted by atomic mass is 10.0. The number of halogens is 1. The molecule has 1 aromatic rings. The normalized spacial score (nSPS) is 33.8. The zero-order valence-corrected chi connectivity index (χ0v) is 12.2. The summed E-state index contributed by atoms with van der Waals surface area (Å²) in [4.78, 5) is 12.1. The summed E-state index contributed by atoms with van der Waals surface area (Å²) >= 11 is 5.48. The molecule has 96 valence electrons. The van der Waals surface area contributed by atoms with Crippen LogP contribution in [0.25, 0.3) is 0 Å². The van der Waals surface area contributed by atoms with E-state index in [4.69, 9.17) is 0 Å². The van der Waals surface area contributed by atoms with Crippen LogP contribution in [-0.2, 0) is 0 Å². The number of rotatable bonds is 3. The first-order chi connectivity index (χ1) is 8.66. The van der Waals surface area contributed by atoms with E-state index < -0.39 is 0 Å². The van der Waals surface area contributed by atoms with Crippen molar-refractivity contribution in [1.82, 2.24) is 0 Å². The number of fused-ring (bicyclic) bond motifs is 2. The number of nitro benzene ring substituents is 1. The highest BCUT2D eigenvalue weighted by Crippen LogP contribution is 2.54. The van der Waals surface area contributed by atoms with Crippen LogP contribution in [0.3, 0.4) is 0 Å². The minimum atomic E-state index is -0.279. The Morgan fingerprint density at radius 2 is 2.00 bits per heavy atom. The van der Waals surface area contributed by atoms with Crippen molar-refractivity contribution in [3.8, 4) is 0 Å². The second-order valence-electron chi connectivity index (χ2n) is 5.08. The fourth-order valence-corrected chi connectivity index (χ4v) is 5.93. The van der Waals surface area contributed by atoms with Crippen LogP contribution in [0.5, 0.6) is 0 Å². The summed E-state index contributed by atoms with van der Waals surface area (Å²) in [6, 6.07) is 7.08. The van der Waals surface area contributed by atoms with Crippen LogP contribution in [0.15, 0.2) is 29.2 Å². The Balaban J connectivity index is 1.83. The van der Waals surface area contributed by atoms with Crippen molar-refractivity contribution in [1.29, 1.82) is 0 Å². The quantitative estimate of drug-likeness (QED) is 0.473. The second-order valence-corrected chi connectivity index (χ2v) is 7.36. The summed E-state index contributed by atoms with van der Waals surface area (Å²) in [5.41, 5.74) is 0.241. The van der Waals surface area contributed by atoms with E-state index >= 15 is 0 Å². The van der Waals surface area contributed by atoms with Crippen molar-refractivity contribution >= 4 is 33.4 Å². The van der Waals surface area contributed by atoms with Gasteiger partial charge in [0.25, 0.3) is 5.69 Å². The molecule has 0 unspecified atom stereocenters. The molecule has 0 N–H and O–H groups in total. The third-order valence-electron chi connectivity index (χ3n) is 4.07. The van der Waals surface area contributed by atoms with Crippen molar-refractivity contribution in [3.05, 3.63) is 34.4 Å². The van der Waals surface area contributed by atoms with Gasteiger partial charge in [-0.05, 0) is 37.2 Å². The SMILES string of the molecule is O=[N+]([O-])c1ccccc1S[C@@H]1[C@H]2CC[C@H](C2)[C@@H]1Br. The van der Waals surface area contributed by atoms with Crippen molar-refractivity contribution in [2.24, 2.45) is 11.8 Å². The molecule has 0 aliphatic heterocycles. The smallest absolute Gasteiger partial charge is 0.258 e. The molecule has 2 saturated carbocycles. The van der Waals surface area contributed by atoms with Gasteiger partial charge in [-0.3, -0.25) is 10.1 Å². The molecule has 3 rings (SSSR count).